The van der Waals surface area contributed by atoms with E-state index < -0.39 is 0 Å². The van der Waals surface area contributed by atoms with Crippen LogP contribution in [0.3, 0.4) is 0 Å². The highest BCUT2D eigenvalue weighted by atomic mass is 32.1. The second-order valence-electron chi connectivity index (χ2n) is 5.90. The Morgan fingerprint density at radius 2 is 2.04 bits per heavy atom. The van der Waals surface area contributed by atoms with Gasteiger partial charge in [-0.1, -0.05) is 30.3 Å². The van der Waals surface area contributed by atoms with E-state index in [-0.39, 0.29) is 30.3 Å². The molecule has 3 rings (SSSR count). The molecule has 1 aliphatic rings. The van der Waals surface area contributed by atoms with Crippen LogP contribution in [-0.4, -0.2) is 16.7 Å². The second-order valence-corrected chi connectivity index (χ2v) is 6.87. The Morgan fingerprint density at radius 1 is 1.25 bits per heavy atom. The van der Waals surface area contributed by atoms with Crippen molar-refractivity contribution in [1.29, 1.82) is 0 Å². The van der Waals surface area contributed by atoms with Crippen molar-refractivity contribution >= 4 is 29.2 Å². The molecule has 2 unspecified atom stereocenters. The molecule has 24 heavy (non-hydrogen) atoms. The molecule has 0 spiro atoms. The lowest BCUT2D eigenvalue weighted by molar-refractivity contribution is -0.130. The van der Waals surface area contributed by atoms with Crippen LogP contribution in [0, 0.1) is 0 Å². The first-order valence-corrected chi connectivity index (χ1v) is 8.83. The van der Waals surface area contributed by atoms with Crippen molar-refractivity contribution in [1.82, 2.24) is 10.2 Å². The summed E-state index contributed by atoms with van der Waals surface area (Å²) < 4.78 is 0. The van der Waals surface area contributed by atoms with E-state index in [0.717, 1.165) is 16.0 Å². The smallest absolute Gasteiger partial charge is 0.223 e. The molecule has 0 saturated carbocycles. The summed E-state index contributed by atoms with van der Waals surface area (Å²) in [5, 5.41) is 5.03. The van der Waals surface area contributed by atoms with E-state index in [2.05, 4.69) is 5.32 Å². The fraction of sp³-hybridized carbons (Fsp3) is 0.263. The minimum atomic E-state index is -0.265. The predicted molar refractivity (Wildman–Crippen MR) is 96.2 cm³/mol. The van der Waals surface area contributed by atoms with Gasteiger partial charge >= 0.3 is 0 Å². The van der Waals surface area contributed by atoms with Gasteiger partial charge in [-0.3, -0.25) is 9.59 Å². The third kappa shape index (κ3) is 3.41. The van der Waals surface area contributed by atoms with Gasteiger partial charge in [-0.15, -0.1) is 11.3 Å². The summed E-state index contributed by atoms with van der Waals surface area (Å²) in [6, 6.07) is 11.6. The number of fused-ring (bicyclic) bond motifs is 1. The van der Waals surface area contributed by atoms with Gasteiger partial charge in [0.25, 0.3) is 0 Å². The summed E-state index contributed by atoms with van der Waals surface area (Å²) in [6.07, 6.45) is 3.93. The summed E-state index contributed by atoms with van der Waals surface area (Å²) in [6.45, 7) is 3.50. The summed E-state index contributed by atoms with van der Waals surface area (Å²) >= 11 is 1.62. The normalized spacial score (nSPS) is 17.2. The van der Waals surface area contributed by atoms with Gasteiger partial charge in [-0.25, -0.2) is 0 Å². The maximum absolute atomic E-state index is 12.5. The summed E-state index contributed by atoms with van der Waals surface area (Å²) in [5.41, 5.74) is 2.06. The SMILES string of the molecule is CC(=O)N1C=Cc2ccccc2C1CC(=O)NC(C)c1cccs1. The van der Waals surface area contributed by atoms with Gasteiger partial charge in [0.1, 0.15) is 0 Å². The Balaban J connectivity index is 1.77. The molecule has 2 aromatic rings. The van der Waals surface area contributed by atoms with Gasteiger partial charge in [-0.05, 0) is 35.6 Å². The minimum absolute atomic E-state index is 0.0299. The Hall–Kier alpha value is -2.40. The molecule has 0 bridgehead atoms. The number of benzene rings is 1. The van der Waals surface area contributed by atoms with Gasteiger partial charge < -0.3 is 10.2 Å². The van der Waals surface area contributed by atoms with Crippen molar-refractivity contribution in [2.45, 2.75) is 32.4 Å². The average Bonchev–Trinajstić information content (AvgIpc) is 3.09. The number of nitrogens with zero attached hydrogens (tertiary/aromatic N) is 1. The lowest BCUT2D eigenvalue weighted by Gasteiger charge is -2.32. The Kier molecular flexibility index (Phi) is 4.81. The molecule has 124 valence electrons. The summed E-state index contributed by atoms with van der Waals surface area (Å²) in [4.78, 5) is 27.2. The van der Waals surface area contributed by atoms with Crippen molar-refractivity contribution in [2.24, 2.45) is 0 Å². The van der Waals surface area contributed by atoms with Crippen LogP contribution in [0.4, 0.5) is 0 Å². The van der Waals surface area contributed by atoms with Crippen molar-refractivity contribution in [2.75, 3.05) is 0 Å². The topological polar surface area (TPSA) is 49.4 Å². The van der Waals surface area contributed by atoms with E-state index in [4.69, 9.17) is 0 Å². The third-order valence-corrected chi connectivity index (χ3v) is 5.25. The third-order valence-electron chi connectivity index (χ3n) is 4.20. The highest BCUT2D eigenvalue weighted by Gasteiger charge is 2.28. The van der Waals surface area contributed by atoms with E-state index in [1.54, 1.807) is 22.4 Å². The van der Waals surface area contributed by atoms with E-state index in [1.165, 1.54) is 6.92 Å². The number of amides is 2. The molecule has 0 radical (unpaired) electrons. The highest BCUT2D eigenvalue weighted by Crippen LogP contribution is 2.33. The number of carbonyl (C=O) groups excluding carboxylic acids is 2. The van der Waals surface area contributed by atoms with Crippen molar-refractivity contribution < 1.29 is 9.59 Å². The van der Waals surface area contributed by atoms with Gasteiger partial charge in [-0.2, -0.15) is 0 Å². The summed E-state index contributed by atoms with van der Waals surface area (Å²) in [5.74, 6) is -0.123. The molecule has 1 aromatic heterocycles. The fourth-order valence-electron chi connectivity index (χ4n) is 3.00. The molecule has 0 aliphatic carbocycles. The molecule has 0 fully saturated rings. The number of hydrogen-bond donors (Lipinski definition) is 1. The van der Waals surface area contributed by atoms with Crippen LogP contribution in [0.2, 0.25) is 0 Å². The van der Waals surface area contributed by atoms with E-state index in [0.29, 0.717) is 0 Å². The quantitative estimate of drug-likeness (QED) is 0.918. The van der Waals surface area contributed by atoms with Crippen LogP contribution >= 0.6 is 11.3 Å². The maximum atomic E-state index is 12.5. The predicted octanol–water partition coefficient (Wildman–Crippen LogP) is 3.89. The van der Waals surface area contributed by atoms with Crippen LogP contribution < -0.4 is 5.32 Å². The molecule has 4 nitrogen and oxygen atoms in total. The van der Waals surface area contributed by atoms with Crippen molar-refractivity contribution in [3.63, 3.8) is 0 Å². The first kappa shape index (κ1) is 16.5. The highest BCUT2D eigenvalue weighted by molar-refractivity contribution is 7.10. The van der Waals surface area contributed by atoms with Crippen LogP contribution in [0.25, 0.3) is 6.08 Å². The molecule has 1 aliphatic heterocycles. The molecular formula is C19H20N2O2S. The Labute approximate surface area is 145 Å². The number of nitrogens with one attached hydrogen (secondary N) is 1. The molecular weight excluding hydrogens is 320 g/mol. The number of rotatable bonds is 4. The van der Waals surface area contributed by atoms with Gasteiger partial charge in [0.15, 0.2) is 0 Å². The first-order chi connectivity index (χ1) is 11.6. The largest absolute Gasteiger partial charge is 0.349 e. The van der Waals surface area contributed by atoms with Gasteiger partial charge in [0.2, 0.25) is 11.8 Å². The molecule has 2 atom stereocenters. The van der Waals surface area contributed by atoms with Crippen LogP contribution in [0.15, 0.2) is 48.0 Å². The molecule has 0 saturated heterocycles. The standard InChI is InChI=1S/C19H20N2O2S/c1-13(18-8-5-11-24-18)20-19(23)12-17-16-7-4-3-6-15(16)9-10-21(17)14(2)22/h3-11,13,17H,12H2,1-2H3,(H,20,23). The van der Waals surface area contributed by atoms with Crippen molar-refractivity contribution in [3.8, 4) is 0 Å². The lowest BCUT2D eigenvalue weighted by Crippen LogP contribution is -2.35. The fourth-order valence-corrected chi connectivity index (χ4v) is 3.73. The Bertz CT molecular complexity index is 767. The zero-order chi connectivity index (χ0) is 17.1. The maximum Gasteiger partial charge on any atom is 0.223 e. The number of thiophene rings is 1. The number of hydrogen-bond acceptors (Lipinski definition) is 3. The van der Waals surface area contributed by atoms with Crippen molar-refractivity contribution in [3.05, 3.63) is 64.0 Å². The van der Waals surface area contributed by atoms with Gasteiger partial charge in [0.05, 0.1) is 18.5 Å². The zero-order valence-electron chi connectivity index (χ0n) is 13.7. The zero-order valence-corrected chi connectivity index (χ0v) is 14.5. The molecule has 2 heterocycles. The monoisotopic (exact) mass is 340 g/mol. The van der Waals surface area contributed by atoms with Gasteiger partial charge in [0, 0.05) is 18.0 Å². The van der Waals surface area contributed by atoms with Crippen LogP contribution in [0.1, 0.15) is 48.4 Å². The molecule has 2 amide bonds. The second kappa shape index (κ2) is 7.01. The molecule has 5 heteroatoms. The van der Waals surface area contributed by atoms with E-state index in [9.17, 15) is 9.59 Å². The molecule has 1 N–H and O–H groups in total. The number of carbonyl (C=O) groups is 2. The Morgan fingerprint density at radius 3 is 2.75 bits per heavy atom. The van der Waals surface area contributed by atoms with Crippen LogP contribution in [0.5, 0.6) is 0 Å². The average molecular weight is 340 g/mol. The summed E-state index contributed by atoms with van der Waals surface area (Å²) in [7, 11) is 0. The van der Waals surface area contributed by atoms with Crippen LogP contribution in [-0.2, 0) is 9.59 Å². The van der Waals surface area contributed by atoms with E-state index in [1.807, 2.05) is 54.8 Å². The van der Waals surface area contributed by atoms with E-state index >= 15 is 0 Å². The first-order valence-electron chi connectivity index (χ1n) is 7.95. The molecule has 1 aromatic carbocycles. The minimum Gasteiger partial charge on any atom is -0.349 e. The lowest BCUT2D eigenvalue weighted by atomic mass is 9.93.